The first-order valence-corrected chi connectivity index (χ1v) is 7.34. The largest absolute Gasteiger partial charge is 0.392 e. The van der Waals surface area contributed by atoms with E-state index in [0.717, 1.165) is 24.1 Å². The molecule has 1 heterocycles. The van der Waals surface area contributed by atoms with E-state index in [9.17, 15) is 5.11 Å². The molecule has 106 valence electrons. The van der Waals surface area contributed by atoms with Crippen LogP contribution in [0.4, 0.5) is 0 Å². The zero-order valence-corrected chi connectivity index (χ0v) is 12.6. The van der Waals surface area contributed by atoms with Crippen molar-refractivity contribution in [2.24, 2.45) is 7.05 Å². The van der Waals surface area contributed by atoms with E-state index < -0.39 is 6.10 Å². The van der Waals surface area contributed by atoms with Gasteiger partial charge in [-0.2, -0.15) is 5.10 Å². The van der Waals surface area contributed by atoms with Crippen LogP contribution in [0.2, 0.25) is 5.15 Å². The quantitative estimate of drug-likeness (QED) is 0.940. The lowest BCUT2D eigenvalue weighted by Gasteiger charge is -2.23. The van der Waals surface area contributed by atoms with Gasteiger partial charge in [-0.3, -0.25) is 4.68 Å². The summed E-state index contributed by atoms with van der Waals surface area (Å²) in [5.41, 5.74) is 3.00. The van der Waals surface area contributed by atoms with Gasteiger partial charge in [0.1, 0.15) is 5.15 Å². The molecule has 0 bridgehead atoms. The van der Waals surface area contributed by atoms with Gasteiger partial charge in [0.05, 0.1) is 11.8 Å². The molecular weight excluding hydrogens is 272 g/mol. The van der Waals surface area contributed by atoms with Crippen LogP contribution in [0.25, 0.3) is 0 Å². The Morgan fingerprint density at radius 2 is 2.00 bits per heavy atom. The van der Waals surface area contributed by atoms with Crippen molar-refractivity contribution in [2.45, 2.75) is 37.7 Å². The fourth-order valence-electron chi connectivity index (χ4n) is 3.01. The van der Waals surface area contributed by atoms with Crippen LogP contribution in [0.15, 0.2) is 30.3 Å². The van der Waals surface area contributed by atoms with Gasteiger partial charge in [0, 0.05) is 24.4 Å². The third-order valence-corrected chi connectivity index (χ3v) is 4.92. The highest BCUT2D eigenvalue weighted by atomic mass is 35.5. The average molecular weight is 291 g/mol. The van der Waals surface area contributed by atoms with Crippen molar-refractivity contribution in [3.63, 3.8) is 0 Å². The molecule has 1 aliphatic carbocycles. The number of hydrogen-bond donors (Lipinski definition) is 1. The van der Waals surface area contributed by atoms with Crippen LogP contribution in [0.1, 0.15) is 29.7 Å². The van der Waals surface area contributed by atoms with Crippen molar-refractivity contribution in [1.82, 2.24) is 9.78 Å². The molecule has 1 atom stereocenters. The summed E-state index contributed by atoms with van der Waals surface area (Å²) in [6.07, 6.45) is 2.22. The monoisotopic (exact) mass is 290 g/mol. The van der Waals surface area contributed by atoms with Gasteiger partial charge in [-0.05, 0) is 25.3 Å². The number of aliphatic hydroxyl groups is 1. The van der Waals surface area contributed by atoms with Crippen LogP contribution in [0, 0.1) is 6.92 Å². The number of aryl methyl sites for hydroxylation is 2. The molecule has 4 heteroatoms. The zero-order valence-electron chi connectivity index (χ0n) is 11.8. The van der Waals surface area contributed by atoms with E-state index in [2.05, 4.69) is 17.2 Å². The number of aliphatic hydroxyl groups excluding tert-OH is 1. The van der Waals surface area contributed by atoms with E-state index in [1.165, 1.54) is 5.56 Å². The number of hydrogen-bond acceptors (Lipinski definition) is 2. The molecule has 2 aromatic rings. The second-order valence-electron chi connectivity index (χ2n) is 5.72. The smallest absolute Gasteiger partial charge is 0.130 e. The highest BCUT2D eigenvalue weighted by molar-refractivity contribution is 6.30. The van der Waals surface area contributed by atoms with E-state index in [1.807, 2.05) is 32.2 Å². The summed E-state index contributed by atoms with van der Waals surface area (Å²) in [7, 11) is 1.83. The minimum absolute atomic E-state index is 0.0904. The van der Waals surface area contributed by atoms with Crippen LogP contribution < -0.4 is 0 Å². The van der Waals surface area contributed by atoms with E-state index in [-0.39, 0.29) is 5.41 Å². The Labute approximate surface area is 124 Å². The molecular formula is C16H19ClN2O. The van der Waals surface area contributed by atoms with Crippen LogP contribution >= 0.6 is 11.6 Å². The van der Waals surface area contributed by atoms with Gasteiger partial charge in [-0.15, -0.1) is 0 Å². The zero-order chi connectivity index (χ0) is 14.3. The normalized spacial score (nSPS) is 18.0. The summed E-state index contributed by atoms with van der Waals surface area (Å²) >= 11 is 6.26. The highest BCUT2D eigenvalue weighted by Gasteiger charge is 2.50. The molecule has 1 aliphatic rings. The number of rotatable bonds is 4. The van der Waals surface area contributed by atoms with Crippen LogP contribution in [-0.2, 0) is 18.9 Å². The third-order valence-electron chi connectivity index (χ3n) is 4.44. The molecule has 1 N–H and O–H groups in total. The highest BCUT2D eigenvalue weighted by Crippen LogP contribution is 2.51. The maximum atomic E-state index is 10.7. The first-order chi connectivity index (χ1) is 9.54. The SMILES string of the molecule is Cc1nn(C)c(Cl)c1CC(O)C1(c2ccccc2)CC1. The van der Waals surface area contributed by atoms with Gasteiger partial charge < -0.3 is 5.11 Å². The first-order valence-electron chi connectivity index (χ1n) is 6.96. The van der Waals surface area contributed by atoms with Crippen molar-refractivity contribution in [3.8, 4) is 0 Å². The Balaban J connectivity index is 1.85. The topological polar surface area (TPSA) is 38.0 Å². The summed E-state index contributed by atoms with van der Waals surface area (Å²) in [6.45, 7) is 1.94. The molecule has 0 aliphatic heterocycles. The summed E-state index contributed by atoms with van der Waals surface area (Å²) in [5.74, 6) is 0. The molecule has 1 fully saturated rings. The second-order valence-corrected chi connectivity index (χ2v) is 6.08. The van der Waals surface area contributed by atoms with Crippen molar-refractivity contribution < 1.29 is 5.11 Å². The number of nitrogens with zero attached hydrogens (tertiary/aromatic N) is 2. The molecule has 0 amide bonds. The Bertz CT molecular complexity index is 617. The maximum Gasteiger partial charge on any atom is 0.130 e. The van der Waals surface area contributed by atoms with Gasteiger partial charge >= 0.3 is 0 Å². The standard InChI is InChI=1S/C16H19ClN2O/c1-11-13(15(17)19(2)18-11)10-14(20)16(8-9-16)12-6-4-3-5-7-12/h3-7,14,20H,8-10H2,1-2H3. The Kier molecular flexibility index (Phi) is 3.35. The minimum Gasteiger partial charge on any atom is -0.392 e. The Morgan fingerprint density at radius 1 is 1.35 bits per heavy atom. The molecule has 1 aromatic carbocycles. The molecule has 0 radical (unpaired) electrons. The molecule has 0 saturated heterocycles. The Morgan fingerprint density at radius 3 is 2.50 bits per heavy atom. The van der Waals surface area contributed by atoms with Gasteiger partial charge in [0.2, 0.25) is 0 Å². The predicted molar refractivity (Wildman–Crippen MR) is 80.0 cm³/mol. The molecule has 1 unspecified atom stereocenters. The van der Waals surface area contributed by atoms with E-state index in [0.29, 0.717) is 11.6 Å². The maximum absolute atomic E-state index is 10.7. The van der Waals surface area contributed by atoms with Gasteiger partial charge in [0.25, 0.3) is 0 Å². The summed E-state index contributed by atoms with van der Waals surface area (Å²) in [5, 5.41) is 15.7. The lowest BCUT2D eigenvalue weighted by Crippen LogP contribution is -2.28. The van der Waals surface area contributed by atoms with Crippen molar-refractivity contribution >= 4 is 11.6 Å². The van der Waals surface area contributed by atoms with Crippen molar-refractivity contribution in [3.05, 3.63) is 52.3 Å². The van der Waals surface area contributed by atoms with E-state index in [1.54, 1.807) is 4.68 Å². The number of halogens is 1. The molecule has 1 aromatic heterocycles. The third kappa shape index (κ3) is 2.15. The van der Waals surface area contributed by atoms with Crippen molar-refractivity contribution in [1.29, 1.82) is 0 Å². The molecule has 3 nitrogen and oxygen atoms in total. The second kappa shape index (κ2) is 4.90. The minimum atomic E-state index is -0.412. The van der Waals surface area contributed by atoms with Crippen molar-refractivity contribution in [2.75, 3.05) is 0 Å². The lowest BCUT2D eigenvalue weighted by atomic mass is 9.86. The van der Waals surface area contributed by atoms with Crippen LogP contribution in [0.5, 0.6) is 0 Å². The lowest BCUT2D eigenvalue weighted by molar-refractivity contribution is 0.131. The number of aromatic nitrogens is 2. The molecule has 0 spiro atoms. The van der Waals surface area contributed by atoms with Gasteiger partial charge in [-0.25, -0.2) is 0 Å². The number of benzene rings is 1. The van der Waals surface area contributed by atoms with E-state index in [4.69, 9.17) is 11.6 Å². The van der Waals surface area contributed by atoms with Gasteiger partial charge in [0.15, 0.2) is 0 Å². The van der Waals surface area contributed by atoms with E-state index >= 15 is 0 Å². The Hall–Kier alpha value is -1.32. The summed E-state index contributed by atoms with van der Waals surface area (Å²) < 4.78 is 1.67. The summed E-state index contributed by atoms with van der Waals surface area (Å²) in [6, 6.07) is 10.3. The predicted octanol–water partition coefficient (Wildman–Crippen LogP) is 3.02. The first kappa shape index (κ1) is 13.7. The molecule has 3 rings (SSSR count). The van der Waals surface area contributed by atoms with Crippen LogP contribution in [0.3, 0.4) is 0 Å². The average Bonchev–Trinajstić information content (AvgIpc) is 3.22. The molecule has 20 heavy (non-hydrogen) atoms. The fourth-order valence-corrected chi connectivity index (χ4v) is 3.27. The van der Waals surface area contributed by atoms with Gasteiger partial charge in [-0.1, -0.05) is 41.9 Å². The van der Waals surface area contributed by atoms with Crippen LogP contribution in [-0.4, -0.2) is 21.0 Å². The summed E-state index contributed by atoms with van der Waals surface area (Å²) in [4.78, 5) is 0. The molecule has 1 saturated carbocycles. The fraction of sp³-hybridized carbons (Fsp3) is 0.438.